The van der Waals surface area contributed by atoms with Gasteiger partial charge in [-0.2, -0.15) is 13.2 Å². The zero-order valence-electron chi connectivity index (χ0n) is 17.1. The van der Waals surface area contributed by atoms with Gasteiger partial charge in [0.1, 0.15) is 5.82 Å². The van der Waals surface area contributed by atoms with Gasteiger partial charge in [-0.25, -0.2) is 4.98 Å². The van der Waals surface area contributed by atoms with Crippen LogP contribution in [0.2, 0.25) is 0 Å². The lowest BCUT2D eigenvalue weighted by Crippen LogP contribution is -2.55. The number of rotatable bonds is 3. The van der Waals surface area contributed by atoms with Crippen molar-refractivity contribution in [3.05, 3.63) is 53.7 Å². The molecule has 4 rings (SSSR count). The number of carbonyl (C=O) groups excluding carboxylic acids is 1. The summed E-state index contributed by atoms with van der Waals surface area (Å²) in [4.78, 5) is 23.2. The molecule has 2 aliphatic rings. The number of carbonyl (C=O) groups is 1. The minimum absolute atomic E-state index is 0.0913. The third-order valence-corrected chi connectivity index (χ3v) is 6.06. The molecule has 2 atom stereocenters. The molecule has 1 saturated heterocycles. The largest absolute Gasteiger partial charge is 0.417 e. The molecule has 2 aromatic rings. The number of alkyl halides is 3. The third-order valence-electron chi connectivity index (χ3n) is 6.06. The van der Waals surface area contributed by atoms with Crippen LogP contribution < -0.4 is 9.80 Å². The second-order valence-corrected chi connectivity index (χ2v) is 7.99. The Labute approximate surface area is 174 Å². The molecule has 1 aromatic carbocycles. The smallest absolute Gasteiger partial charge is 0.354 e. The molecule has 1 amide bonds. The molecule has 3 heterocycles. The first-order valence-electron chi connectivity index (χ1n) is 10.2. The van der Waals surface area contributed by atoms with E-state index in [1.165, 1.54) is 11.6 Å². The van der Waals surface area contributed by atoms with Gasteiger partial charge in [0.25, 0.3) is 0 Å². The van der Waals surface area contributed by atoms with Gasteiger partial charge in [0, 0.05) is 44.1 Å². The zero-order valence-corrected chi connectivity index (χ0v) is 17.1. The second kappa shape index (κ2) is 7.91. The molecular weight excluding hydrogens is 393 g/mol. The molecule has 0 saturated carbocycles. The van der Waals surface area contributed by atoms with Crippen molar-refractivity contribution in [2.24, 2.45) is 0 Å². The molecule has 8 heteroatoms. The molecule has 160 valence electrons. The van der Waals surface area contributed by atoms with Crippen molar-refractivity contribution in [1.29, 1.82) is 0 Å². The molecule has 0 aliphatic carbocycles. The first-order chi connectivity index (χ1) is 14.3. The Bertz CT molecular complexity index is 907. The number of para-hydroxylation sites is 1. The number of piperazine rings is 1. The molecule has 30 heavy (non-hydrogen) atoms. The Morgan fingerprint density at radius 2 is 1.80 bits per heavy atom. The minimum atomic E-state index is -4.38. The van der Waals surface area contributed by atoms with Crippen LogP contribution in [0.5, 0.6) is 0 Å². The number of amides is 1. The van der Waals surface area contributed by atoms with Crippen molar-refractivity contribution in [2.75, 3.05) is 36.0 Å². The summed E-state index contributed by atoms with van der Waals surface area (Å²) in [5.74, 6) is 0.622. The topological polar surface area (TPSA) is 39.7 Å². The first-order valence-corrected chi connectivity index (χ1v) is 10.2. The lowest BCUT2D eigenvalue weighted by Gasteiger charge is -2.39. The lowest BCUT2D eigenvalue weighted by molar-refractivity contribution is -0.137. The van der Waals surface area contributed by atoms with Gasteiger partial charge in [-0.15, -0.1) is 0 Å². The van der Waals surface area contributed by atoms with Crippen LogP contribution in [0.25, 0.3) is 0 Å². The van der Waals surface area contributed by atoms with E-state index in [4.69, 9.17) is 0 Å². The van der Waals surface area contributed by atoms with Crippen LogP contribution >= 0.6 is 0 Å². The van der Waals surface area contributed by atoms with E-state index >= 15 is 0 Å². The fourth-order valence-corrected chi connectivity index (χ4v) is 4.34. The maximum Gasteiger partial charge on any atom is 0.417 e. The van der Waals surface area contributed by atoms with E-state index < -0.39 is 11.7 Å². The number of anilines is 2. The van der Waals surface area contributed by atoms with Gasteiger partial charge in [-0.3, -0.25) is 9.69 Å². The van der Waals surface area contributed by atoms with E-state index in [9.17, 15) is 18.0 Å². The van der Waals surface area contributed by atoms with Crippen LogP contribution in [0.15, 0.2) is 42.6 Å². The Morgan fingerprint density at radius 1 is 1.10 bits per heavy atom. The molecule has 0 bridgehead atoms. The highest BCUT2D eigenvalue weighted by atomic mass is 19.4. The summed E-state index contributed by atoms with van der Waals surface area (Å²) in [6.07, 6.45) is -2.65. The quantitative estimate of drug-likeness (QED) is 0.764. The van der Waals surface area contributed by atoms with Crippen LogP contribution in [0, 0.1) is 0 Å². The Morgan fingerprint density at radius 3 is 2.43 bits per heavy atom. The summed E-state index contributed by atoms with van der Waals surface area (Å²) in [6.45, 7) is 6.53. The molecule has 0 spiro atoms. The highest BCUT2D eigenvalue weighted by molar-refractivity contribution is 5.99. The molecule has 1 fully saturated rings. The molecule has 0 N–H and O–H groups in total. The average Bonchev–Trinajstić information content (AvgIpc) is 3.08. The Hall–Kier alpha value is -2.61. The van der Waals surface area contributed by atoms with Crippen molar-refractivity contribution in [2.45, 2.75) is 38.5 Å². The van der Waals surface area contributed by atoms with Gasteiger partial charge in [0.05, 0.1) is 11.6 Å². The number of hydrogen-bond acceptors (Lipinski definition) is 4. The molecule has 0 radical (unpaired) electrons. The van der Waals surface area contributed by atoms with Crippen molar-refractivity contribution < 1.29 is 18.0 Å². The highest BCUT2D eigenvalue weighted by Crippen LogP contribution is 2.33. The summed E-state index contributed by atoms with van der Waals surface area (Å²) >= 11 is 0. The highest BCUT2D eigenvalue weighted by Gasteiger charge is 2.36. The van der Waals surface area contributed by atoms with Crippen LogP contribution in [0.1, 0.15) is 25.0 Å². The fraction of sp³-hybridized carbons (Fsp3) is 0.455. The zero-order chi connectivity index (χ0) is 21.5. The van der Waals surface area contributed by atoms with Gasteiger partial charge in [0.2, 0.25) is 5.91 Å². The first kappa shape index (κ1) is 20.7. The maximum atomic E-state index is 13.3. The average molecular weight is 418 g/mol. The molecule has 2 aliphatic heterocycles. The second-order valence-electron chi connectivity index (χ2n) is 7.99. The molecular formula is C22H25F3N4O. The van der Waals surface area contributed by atoms with Gasteiger partial charge in [-0.1, -0.05) is 18.2 Å². The van der Waals surface area contributed by atoms with Crippen LogP contribution in [0.3, 0.4) is 0 Å². The number of halogens is 3. The number of pyridine rings is 1. The SMILES string of the molecule is CC(C(=O)N1c2ccccc2CC1C)N1CCN(c2ccc(C(F)(F)F)cn2)CC1. The van der Waals surface area contributed by atoms with E-state index in [1.54, 1.807) is 0 Å². The van der Waals surface area contributed by atoms with E-state index in [-0.39, 0.29) is 18.0 Å². The molecule has 1 aromatic heterocycles. The lowest BCUT2D eigenvalue weighted by atomic mass is 10.1. The van der Waals surface area contributed by atoms with E-state index in [0.29, 0.717) is 32.0 Å². The standard InChI is InChI=1S/C22H25F3N4O/c1-15-13-17-5-3-4-6-19(17)29(15)21(30)16(2)27-9-11-28(12-10-27)20-8-7-18(14-26-20)22(23,24)25/h3-8,14-16H,9-13H2,1-2H3. The Kier molecular flexibility index (Phi) is 5.44. The van der Waals surface area contributed by atoms with Crippen LogP contribution in [-0.4, -0.2) is 54.1 Å². The van der Waals surface area contributed by atoms with E-state index in [0.717, 1.165) is 24.4 Å². The minimum Gasteiger partial charge on any atom is -0.354 e. The van der Waals surface area contributed by atoms with Gasteiger partial charge in [0.15, 0.2) is 0 Å². The van der Waals surface area contributed by atoms with Crippen LogP contribution in [-0.2, 0) is 17.4 Å². The van der Waals surface area contributed by atoms with Crippen molar-refractivity contribution in [3.63, 3.8) is 0 Å². The monoisotopic (exact) mass is 418 g/mol. The number of nitrogens with zero attached hydrogens (tertiary/aromatic N) is 4. The molecule has 2 unspecified atom stereocenters. The van der Waals surface area contributed by atoms with Gasteiger partial charge < -0.3 is 9.80 Å². The van der Waals surface area contributed by atoms with Gasteiger partial charge in [-0.05, 0) is 44.0 Å². The molecule has 5 nitrogen and oxygen atoms in total. The number of hydrogen-bond donors (Lipinski definition) is 0. The normalized spacial score (nSPS) is 20.9. The van der Waals surface area contributed by atoms with Crippen molar-refractivity contribution in [3.8, 4) is 0 Å². The number of benzene rings is 1. The number of fused-ring (bicyclic) bond motifs is 1. The predicted molar refractivity (Wildman–Crippen MR) is 110 cm³/mol. The van der Waals surface area contributed by atoms with Crippen molar-refractivity contribution >= 4 is 17.4 Å². The summed E-state index contributed by atoms with van der Waals surface area (Å²) in [6, 6.07) is 10.4. The third kappa shape index (κ3) is 3.88. The number of aromatic nitrogens is 1. The van der Waals surface area contributed by atoms with E-state index in [1.807, 2.05) is 34.9 Å². The fourth-order valence-electron chi connectivity index (χ4n) is 4.34. The van der Waals surface area contributed by atoms with E-state index in [2.05, 4.69) is 22.9 Å². The van der Waals surface area contributed by atoms with Gasteiger partial charge >= 0.3 is 6.18 Å². The van der Waals surface area contributed by atoms with Crippen molar-refractivity contribution in [1.82, 2.24) is 9.88 Å². The summed E-state index contributed by atoms with van der Waals surface area (Å²) in [7, 11) is 0. The Balaban J connectivity index is 1.39. The predicted octanol–water partition coefficient (Wildman–Crippen LogP) is 3.59. The summed E-state index contributed by atoms with van der Waals surface area (Å²) < 4.78 is 38.2. The van der Waals surface area contributed by atoms with Crippen LogP contribution in [0.4, 0.5) is 24.7 Å². The maximum absolute atomic E-state index is 13.3. The summed E-state index contributed by atoms with van der Waals surface area (Å²) in [5.41, 5.74) is 1.45. The summed E-state index contributed by atoms with van der Waals surface area (Å²) in [5, 5.41) is 0.